The fraction of sp³-hybridized carbons (Fsp3) is 0.556. The van der Waals surface area contributed by atoms with Gasteiger partial charge in [0.15, 0.2) is 0 Å². The maximum Gasteiger partial charge on any atom is 0.222 e. The van der Waals surface area contributed by atoms with Gasteiger partial charge in [-0.2, -0.15) is 0 Å². The van der Waals surface area contributed by atoms with E-state index in [-0.39, 0.29) is 0 Å². The first-order valence-corrected chi connectivity index (χ1v) is 5.46. The second-order valence-electron chi connectivity index (χ2n) is 3.26. The van der Waals surface area contributed by atoms with Crippen molar-refractivity contribution in [1.82, 2.24) is 9.97 Å². The van der Waals surface area contributed by atoms with Crippen LogP contribution in [0.4, 0.5) is 5.95 Å². The van der Waals surface area contributed by atoms with Gasteiger partial charge >= 0.3 is 0 Å². The van der Waals surface area contributed by atoms with Crippen LogP contribution in [0.15, 0.2) is 16.9 Å². The second-order valence-corrected chi connectivity index (χ2v) is 4.17. The zero-order valence-corrected chi connectivity index (χ0v) is 9.33. The average Bonchev–Trinajstić information content (AvgIpc) is 2.23. The molecule has 1 N–H and O–H groups in total. The van der Waals surface area contributed by atoms with Gasteiger partial charge < -0.3 is 10.1 Å². The second kappa shape index (κ2) is 4.70. The lowest BCUT2D eigenvalue weighted by Crippen LogP contribution is -2.28. The number of anilines is 1. The number of hydrogen-bond donors (Lipinski definition) is 1. The maximum atomic E-state index is 5.27. The van der Waals surface area contributed by atoms with E-state index in [0.717, 1.165) is 30.5 Å². The van der Waals surface area contributed by atoms with Crippen molar-refractivity contribution in [1.29, 1.82) is 0 Å². The number of ether oxygens (including phenoxy) is 1. The van der Waals surface area contributed by atoms with E-state index >= 15 is 0 Å². The summed E-state index contributed by atoms with van der Waals surface area (Å²) in [6.07, 6.45) is 5.54. The molecule has 76 valence electrons. The molecule has 0 bridgehead atoms. The molecule has 0 amide bonds. The van der Waals surface area contributed by atoms with E-state index in [1.54, 1.807) is 12.4 Å². The minimum absolute atomic E-state index is 0.449. The highest BCUT2D eigenvalue weighted by Crippen LogP contribution is 2.12. The molecule has 1 fully saturated rings. The van der Waals surface area contributed by atoms with Crippen molar-refractivity contribution >= 4 is 21.9 Å². The Kier molecular flexibility index (Phi) is 3.31. The molecule has 0 atom stereocenters. The highest BCUT2D eigenvalue weighted by atomic mass is 79.9. The van der Waals surface area contributed by atoms with E-state index in [1.807, 2.05) is 0 Å². The third-order valence-corrected chi connectivity index (χ3v) is 2.58. The number of rotatable bonds is 2. The van der Waals surface area contributed by atoms with Crippen LogP contribution in [0.1, 0.15) is 12.8 Å². The van der Waals surface area contributed by atoms with Crippen LogP contribution >= 0.6 is 15.9 Å². The molecule has 1 saturated heterocycles. The van der Waals surface area contributed by atoms with Gasteiger partial charge in [-0.1, -0.05) is 0 Å². The molecule has 0 unspecified atom stereocenters. The Hall–Kier alpha value is -0.680. The van der Waals surface area contributed by atoms with Crippen molar-refractivity contribution in [3.63, 3.8) is 0 Å². The van der Waals surface area contributed by atoms with E-state index in [0.29, 0.717) is 12.0 Å². The Bertz CT molecular complexity index is 285. The Balaban J connectivity index is 1.92. The molecule has 1 aromatic rings. The number of halogens is 1. The van der Waals surface area contributed by atoms with Crippen LogP contribution in [0.5, 0.6) is 0 Å². The van der Waals surface area contributed by atoms with Crippen molar-refractivity contribution in [2.75, 3.05) is 18.5 Å². The summed E-state index contributed by atoms with van der Waals surface area (Å²) in [5.74, 6) is 0.695. The third kappa shape index (κ3) is 2.65. The van der Waals surface area contributed by atoms with Gasteiger partial charge in [0.2, 0.25) is 5.95 Å². The fourth-order valence-corrected chi connectivity index (χ4v) is 1.62. The summed E-state index contributed by atoms with van der Waals surface area (Å²) >= 11 is 3.30. The van der Waals surface area contributed by atoms with E-state index in [9.17, 15) is 0 Å². The molecular weight excluding hydrogens is 246 g/mol. The topological polar surface area (TPSA) is 47.0 Å². The van der Waals surface area contributed by atoms with Crippen LogP contribution in [0.2, 0.25) is 0 Å². The SMILES string of the molecule is Brc1cnc(NC2CCOCC2)nc1. The van der Waals surface area contributed by atoms with Gasteiger partial charge in [0.1, 0.15) is 0 Å². The first-order valence-electron chi connectivity index (χ1n) is 4.66. The van der Waals surface area contributed by atoms with Crippen LogP contribution in [0.3, 0.4) is 0 Å². The standard InChI is InChI=1S/C9H12BrN3O/c10-7-5-11-9(12-6-7)13-8-1-3-14-4-2-8/h5-6,8H,1-4H2,(H,11,12,13). The van der Waals surface area contributed by atoms with Gasteiger partial charge in [-0.3, -0.25) is 0 Å². The summed E-state index contributed by atoms with van der Waals surface area (Å²) in [6, 6.07) is 0.449. The van der Waals surface area contributed by atoms with Crippen LogP contribution in [0.25, 0.3) is 0 Å². The summed E-state index contributed by atoms with van der Waals surface area (Å²) in [4.78, 5) is 8.32. The normalized spacial score (nSPS) is 18.1. The van der Waals surface area contributed by atoms with Crippen molar-refractivity contribution in [3.8, 4) is 0 Å². The molecule has 0 aromatic carbocycles. The highest BCUT2D eigenvalue weighted by Gasteiger charge is 2.13. The lowest BCUT2D eigenvalue weighted by atomic mass is 10.1. The molecule has 2 rings (SSSR count). The van der Waals surface area contributed by atoms with E-state index in [4.69, 9.17) is 4.74 Å². The Labute approximate surface area is 91.2 Å². The summed E-state index contributed by atoms with van der Waals surface area (Å²) < 4.78 is 6.17. The zero-order chi connectivity index (χ0) is 9.80. The molecule has 1 aliphatic rings. The molecular formula is C9H12BrN3O. The van der Waals surface area contributed by atoms with Gasteiger partial charge in [-0.05, 0) is 28.8 Å². The number of hydrogen-bond acceptors (Lipinski definition) is 4. The smallest absolute Gasteiger partial charge is 0.222 e. The highest BCUT2D eigenvalue weighted by molar-refractivity contribution is 9.10. The Morgan fingerprint density at radius 3 is 2.57 bits per heavy atom. The quantitative estimate of drug-likeness (QED) is 0.879. The van der Waals surface area contributed by atoms with E-state index in [2.05, 4.69) is 31.2 Å². The van der Waals surface area contributed by atoms with Gasteiger partial charge in [0.25, 0.3) is 0 Å². The molecule has 0 radical (unpaired) electrons. The number of nitrogens with one attached hydrogen (secondary N) is 1. The van der Waals surface area contributed by atoms with Crippen LogP contribution in [0, 0.1) is 0 Å². The van der Waals surface area contributed by atoms with Crippen molar-refractivity contribution in [2.24, 2.45) is 0 Å². The predicted molar refractivity (Wildman–Crippen MR) is 57.2 cm³/mol. The van der Waals surface area contributed by atoms with E-state index < -0.39 is 0 Å². The average molecular weight is 258 g/mol. The molecule has 14 heavy (non-hydrogen) atoms. The summed E-state index contributed by atoms with van der Waals surface area (Å²) in [6.45, 7) is 1.66. The number of nitrogens with zero attached hydrogens (tertiary/aromatic N) is 2. The molecule has 0 saturated carbocycles. The van der Waals surface area contributed by atoms with Crippen LogP contribution in [-0.4, -0.2) is 29.2 Å². The molecule has 4 nitrogen and oxygen atoms in total. The van der Waals surface area contributed by atoms with Crippen molar-refractivity contribution < 1.29 is 4.74 Å². The van der Waals surface area contributed by atoms with Gasteiger partial charge in [-0.15, -0.1) is 0 Å². The minimum Gasteiger partial charge on any atom is -0.381 e. The molecule has 5 heteroatoms. The maximum absolute atomic E-state index is 5.27. The zero-order valence-electron chi connectivity index (χ0n) is 7.74. The summed E-state index contributed by atoms with van der Waals surface area (Å²) in [5, 5.41) is 3.28. The third-order valence-electron chi connectivity index (χ3n) is 2.17. The summed E-state index contributed by atoms with van der Waals surface area (Å²) in [5.41, 5.74) is 0. The van der Waals surface area contributed by atoms with Gasteiger partial charge in [0.05, 0.1) is 4.47 Å². The first kappa shape index (κ1) is 9.86. The monoisotopic (exact) mass is 257 g/mol. The van der Waals surface area contributed by atoms with E-state index in [1.165, 1.54) is 0 Å². The van der Waals surface area contributed by atoms with Gasteiger partial charge in [-0.25, -0.2) is 9.97 Å². The lowest BCUT2D eigenvalue weighted by Gasteiger charge is -2.22. The molecule has 2 heterocycles. The number of aromatic nitrogens is 2. The van der Waals surface area contributed by atoms with Crippen molar-refractivity contribution in [3.05, 3.63) is 16.9 Å². The van der Waals surface area contributed by atoms with Crippen molar-refractivity contribution in [2.45, 2.75) is 18.9 Å². The Morgan fingerprint density at radius 1 is 1.29 bits per heavy atom. The fourth-order valence-electron chi connectivity index (χ4n) is 1.41. The van der Waals surface area contributed by atoms with Gasteiger partial charge in [0, 0.05) is 31.6 Å². The minimum atomic E-state index is 0.449. The molecule has 1 aromatic heterocycles. The van der Waals surface area contributed by atoms with Crippen LogP contribution < -0.4 is 5.32 Å². The predicted octanol–water partition coefficient (Wildman–Crippen LogP) is 1.83. The first-order chi connectivity index (χ1) is 6.84. The molecule has 0 aliphatic carbocycles. The molecule has 1 aliphatic heterocycles. The van der Waals surface area contributed by atoms with Crippen LogP contribution in [-0.2, 0) is 4.74 Å². The molecule has 0 spiro atoms. The summed E-state index contributed by atoms with van der Waals surface area (Å²) in [7, 11) is 0. The lowest BCUT2D eigenvalue weighted by molar-refractivity contribution is 0.0903. The largest absolute Gasteiger partial charge is 0.381 e. The Morgan fingerprint density at radius 2 is 1.93 bits per heavy atom.